The number of thiophene rings is 2. The van der Waals surface area contributed by atoms with Gasteiger partial charge in [-0.2, -0.15) is 46.5 Å². The molecule has 1 N–H and O–H groups in total. The molecule has 0 atom stereocenters. The summed E-state index contributed by atoms with van der Waals surface area (Å²) >= 11 is 2.32. The van der Waals surface area contributed by atoms with E-state index >= 15 is 0 Å². The third-order valence-corrected chi connectivity index (χ3v) is 11.7. The van der Waals surface area contributed by atoms with Crippen LogP contribution in [0.5, 0.6) is 0 Å². The Kier molecular flexibility index (Phi) is 15.4. The molecule has 0 spiro atoms. The molecule has 30 heteroatoms. The molecule has 1 amide bonds. The summed E-state index contributed by atoms with van der Waals surface area (Å²) < 4.78 is 94.7. The van der Waals surface area contributed by atoms with E-state index in [2.05, 4.69) is 74.6 Å². The van der Waals surface area contributed by atoms with Gasteiger partial charge in [0.05, 0.1) is 65.9 Å². The maximum Gasteiger partial charge on any atom is 0.471 e. The van der Waals surface area contributed by atoms with E-state index in [-0.39, 0.29) is 42.0 Å². The molecule has 8 aromatic heterocycles. The van der Waals surface area contributed by atoms with Crippen LogP contribution in [0.1, 0.15) is 42.3 Å². The summed E-state index contributed by atoms with van der Waals surface area (Å²) in [4.78, 5) is 57.1. The zero-order chi connectivity index (χ0) is 50.2. The van der Waals surface area contributed by atoms with Crippen LogP contribution in [0.3, 0.4) is 0 Å². The minimum Gasteiger partial charge on any atom is -0.478 e. The SMILES string of the molecule is CF.CN(C)C1CN(C(=O)c2cnnc(N(Cc3ccc(-c4noc(C(F)(F)F)n4)s3)c3cnccn3)c2)C1.O=C(O)c1cnnc(N(Cc2ccc(-c3noc(C(F)(F)F)n3)s2)c2cnccn2)c1. The lowest BCUT2D eigenvalue weighted by atomic mass is 10.1. The second-order valence-corrected chi connectivity index (χ2v) is 16.7. The number of likely N-dealkylation sites (N-methyl/N-ethyl adjacent to an activating group) is 1. The van der Waals surface area contributed by atoms with Crippen LogP contribution in [0.2, 0.25) is 0 Å². The number of hydrogen-bond donors (Lipinski definition) is 1. The third-order valence-electron chi connectivity index (χ3n) is 9.59. The summed E-state index contributed by atoms with van der Waals surface area (Å²) in [7, 11) is 4.45. The molecule has 0 bridgehead atoms. The maximum absolute atomic E-state index is 13.0. The number of alkyl halides is 7. The molecule has 70 heavy (non-hydrogen) atoms. The lowest BCUT2D eigenvalue weighted by molar-refractivity contribution is -0.160. The second kappa shape index (κ2) is 21.5. The van der Waals surface area contributed by atoms with Gasteiger partial charge in [-0.3, -0.25) is 19.2 Å². The van der Waals surface area contributed by atoms with Crippen LogP contribution in [-0.2, 0) is 25.4 Å². The molecule has 9 rings (SSSR count). The van der Waals surface area contributed by atoms with Crippen molar-refractivity contribution in [2.24, 2.45) is 0 Å². The first-order valence-corrected chi connectivity index (χ1v) is 21.4. The average Bonchev–Trinajstić information content (AvgIpc) is 4.19. The lowest BCUT2D eigenvalue weighted by Gasteiger charge is -2.42. The zero-order valence-corrected chi connectivity index (χ0v) is 37.8. The van der Waals surface area contributed by atoms with Gasteiger partial charge < -0.3 is 33.8 Å². The minimum atomic E-state index is -4.73. The molecule has 364 valence electrons. The number of likely N-dealkylation sites (tertiary alicyclic amines) is 1. The van der Waals surface area contributed by atoms with Gasteiger partial charge in [0.25, 0.3) is 5.91 Å². The molecule has 0 aliphatic carbocycles. The molecule has 0 radical (unpaired) electrons. The fourth-order valence-corrected chi connectivity index (χ4v) is 7.96. The van der Waals surface area contributed by atoms with Gasteiger partial charge in [0.15, 0.2) is 23.3 Å². The van der Waals surface area contributed by atoms with E-state index in [9.17, 15) is 45.4 Å². The molecule has 1 fully saturated rings. The highest BCUT2D eigenvalue weighted by Crippen LogP contribution is 2.35. The first kappa shape index (κ1) is 49.9. The summed E-state index contributed by atoms with van der Waals surface area (Å²) in [5, 5.41) is 32.0. The first-order valence-electron chi connectivity index (χ1n) is 19.8. The Hall–Kier alpha value is -7.99. The Balaban J connectivity index is 0.000000202. The van der Waals surface area contributed by atoms with Crippen molar-refractivity contribution in [1.82, 2.24) is 70.4 Å². The second-order valence-electron chi connectivity index (χ2n) is 14.4. The normalized spacial score (nSPS) is 12.6. The molecule has 0 saturated carbocycles. The lowest BCUT2D eigenvalue weighted by Crippen LogP contribution is -2.59. The summed E-state index contributed by atoms with van der Waals surface area (Å²) in [6, 6.07) is 9.84. The van der Waals surface area contributed by atoms with Gasteiger partial charge in [0, 0.05) is 53.7 Å². The van der Waals surface area contributed by atoms with Crippen molar-refractivity contribution in [2.75, 3.05) is 44.2 Å². The highest BCUT2D eigenvalue weighted by atomic mass is 32.1. The highest BCUT2D eigenvalue weighted by molar-refractivity contribution is 7.15. The van der Waals surface area contributed by atoms with E-state index < -0.39 is 30.1 Å². The fraction of sp³-hybridized carbons (Fsp3) is 0.250. The maximum atomic E-state index is 13.0. The van der Waals surface area contributed by atoms with E-state index in [1.165, 1.54) is 60.8 Å². The number of carbonyl (C=O) groups excluding carboxylic acids is 1. The summed E-state index contributed by atoms with van der Waals surface area (Å²) in [6.07, 6.45) is 2.03. The van der Waals surface area contributed by atoms with E-state index in [1.807, 2.05) is 14.1 Å². The number of halogens is 7. The predicted octanol–water partition coefficient (Wildman–Crippen LogP) is 7.14. The smallest absolute Gasteiger partial charge is 0.471 e. The van der Waals surface area contributed by atoms with Crippen molar-refractivity contribution in [3.63, 3.8) is 0 Å². The number of aromatic nitrogens is 12. The molecule has 1 aliphatic rings. The van der Waals surface area contributed by atoms with E-state index in [1.54, 1.807) is 45.0 Å². The van der Waals surface area contributed by atoms with Gasteiger partial charge in [-0.25, -0.2) is 14.8 Å². The van der Waals surface area contributed by atoms with Crippen LogP contribution >= 0.6 is 22.7 Å². The highest BCUT2D eigenvalue weighted by Gasteiger charge is 2.40. The van der Waals surface area contributed by atoms with Crippen molar-refractivity contribution in [3.8, 4) is 21.4 Å². The Morgan fingerprint density at radius 2 is 1.14 bits per heavy atom. The number of rotatable bonds is 13. The Bertz CT molecular complexity index is 3000. The summed E-state index contributed by atoms with van der Waals surface area (Å²) in [5.74, 6) is -3.13. The predicted molar refractivity (Wildman–Crippen MR) is 232 cm³/mol. The van der Waals surface area contributed by atoms with Gasteiger partial charge in [-0.1, -0.05) is 10.3 Å². The molecule has 1 saturated heterocycles. The average molecular weight is 1010 g/mol. The quantitative estimate of drug-likeness (QED) is 0.113. The number of nitrogens with zero attached hydrogens (tertiary/aromatic N) is 16. The molecule has 0 aromatic carbocycles. The van der Waals surface area contributed by atoms with Gasteiger partial charge in [-0.05, 0) is 50.5 Å². The summed E-state index contributed by atoms with van der Waals surface area (Å²) in [6.45, 7) is 1.64. The van der Waals surface area contributed by atoms with Gasteiger partial charge in [-0.15, -0.1) is 32.9 Å². The van der Waals surface area contributed by atoms with E-state index in [0.29, 0.717) is 64.0 Å². The van der Waals surface area contributed by atoms with E-state index in [0.717, 1.165) is 22.4 Å². The van der Waals surface area contributed by atoms with Crippen molar-refractivity contribution in [1.29, 1.82) is 0 Å². The van der Waals surface area contributed by atoms with Gasteiger partial charge in [0.2, 0.25) is 11.6 Å². The Morgan fingerprint density at radius 1 is 0.686 bits per heavy atom. The number of carboxylic acid groups (broad SMARTS) is 1. The van der Waals surface area contributed by atoms with Crippen LogP contribution in [0, 0.1) is 0 Å². The molecular weight excluding hydrogens is 982 g/mol. The van der Waals surface area contributed by atoms with Crippen LogP contribution in [-0.4, -0.2) is 128 Å². The van der Waals surface area contributed by atoms with E-state index in [4.69, 9.17) is 0 Å². The number of carboxylic acids is 1. The zero-order valence-electron chi connectivity index (χ0n) is 36.2. The molecule has 21 nitrogen and oxygen atoms in total. The topological polar surface area (TPSA) is 248 Å². The Labute approximate surface area is 397 Å². The Morgan fingerprint density at radius 3 is 1.54 bits per heavy atom. The molecule has 9 heterocycles. The van der Waals surface area contributed by atoms with Crippen LogP contribution in [0.15, 0.2) is 95.0 Å². The van der Waals surface area contributed by atoms with Crippen molar-refractivity contribution < 1.29 is 54.5 Å². The summed E-state index contributed by atoms with van der Waals surface area (Å²) in [5.41, 5.74) is 0.312. The van der Waals surface area contributed by atoms with Crippen molar-refractivity contribution >= 4 is 57.8 Å². The van der Waals surface area contributed by atoms with Crippen LogP contribution < -0.4 is 9.80 Å². The monoisotopic (exact) mass is 1010 g/mol. The number of aromatic carboxylic acids is 1. The molecule has 1 aliphatic heterocycles. The number of anilines is 4. The fourth-order valence-electron chi connectivity index (χ4n) is 6.11. The van der Waals surface area contributed by atoms with Gasteiger partial charge >= 0.3 is 30.1 Å². The molecule has 8 aromatic rings. The van der Waals surface area contributed by atoms with Crippen molar-refractivity contribution in [2.45, 2.75) is 31.5 Å². The standard InChI is InChI=1S/C22H20F3N9O2S.C17H10F3N7O3S.CH3F/c1-32(2)14-10-33(11-14)20(35)13-7-17(30-28-8-13)34(18-9-26-5-6-27-18)12-15-3-4-16(37-15)19-29-21(36-31-19)22(23,24)25;18-17(19,20)16-24-14(26-30-16)11-2-1-10(31-11)8-27(13-7-21-3-4-22-13)12-5-9(15(28)29)6-23-25-12;1-2/h3-9,14H,10-12H2,1-2H3;1-7H,8H2,(H,28,29);1H3. The molecular formula is C40H33F7N16O5S2. The van der Waals surface area contributed by atoms with Gasteiger partial charge in [0.1, 0.15) is 0 Å². The van der Waals surface area contributed by atoms with Crippen molar-refractivity contribution in [3.05, 3.63) is 119 Å². The minimum absolute atomic E-state index is 0.0720. The number of carbonyl (C=O) groups is 2. The third kappa shape index (κ3) is 12.0. The largest absolute Gasteiger partial charge is 0.478 e. The van der Waals surface area contributed by atoms with Crippen LogP contribution in [0.4, 0.5) is 54.0 Å². The molecule has 0 unspecified atom stereocenters. The number of hydrogen-bond acceptors (Lipinski definition) is 21. The number of amides is 1. The first-order chi connectivity index (χ1) is 33.5. The van der Waals surface area contributed by atoms with Crippen LogP contribution in [0.25, 0.3) is 21.4 Å².